The van der Waals surface area contributed by atoms with Crippen LogP contribution >= 0.6 is 0 Å². The molecule has 1 N–H and O–H groups in total. The van der Waals surface area contributed by atoms with Crippen LogP contribution in [0.25, 0.3) is 10.9 Å². The van der Waals surface area contributed by atoms with E-state index >= 15 is 0 Å². The van der Waals surface area contributed by atoms with Crippen LogP contribution in [0.5, 0.6) is 0 Å². The van der Waals surface area contributed by atoms with Gasteiger partial charge in [-0.1, -0.05) is 32.0 Å². The summed E-state index contributed by atoms with van der Waals surface area (Å²) in [5.41, 5.74) is 2.31. The number of nitrogens with zero attached hydrogens (tertiary/aromatic N) is 2. The summed E-state index contributed by atoms with van der Waals surface area (Å²) < 4.78 is 7.48. The van der Waals surface area contributed by atoms with E-state index in [1.54, 1.807) is 0 Å². The molecule has 1 heterocycles. The molecule has 110 valence electrons. The first-order valence-corrected chi connectivity index (χ1v) is 7.45. The second kappa shape index (κ2) is 7.41. The fourth-order valence-electron chi connectivity index (χ4n) is 2.27. The molecule has 0 bridgehead atoms. The summed E-state index contributed by atoms with van der Waals surface area (Å²) in [6, 6.07) is 8.40. The highest BCUT2D eigenvalue weighted by Gasteiger charge is 2.09. The van der Waals surface area contributed by atoms with Gasteiger partial charge in [0.15, 0.2) is 0 Å². The lowest BCUT2D eigenvalue weighted by Crippen LogP contribution is -2.19. The van der Waals surface area contributed by atoms with E-state index in [1.165, 1.54) is 10.9 Å². The first kappa shape index (κ1) is 15.0. The number of aromatic nitrogens is 2. The Morgan fingerprint density at radius 1 is 1.30 bits per heavy atom. The summed E-state index contributed by atoms with van der Waals surface area (Å²) in [4.78, 5) is 0. The van der Waals surface area contributed by atoms with Crippen molar-refractivity contribution in [3.63, 3.8) is 0 Å². The number of rotatable bonds is 8. The number of para-hydroxylation sites is 1. The molecule has 0 fully saturated rings. The van der Waals surface area contributed by atoms with E-state index in [0.29, 0.717) is 12.5 Å². The Balaban J connectivity index is 2.13. The van der Waals surface area contributed by atoms with Crippen molar-refractivity contribution in [3.8, 4) is 0 Å². The fraction of sp³-hybridized carbons (Fsp3) is 0.562. The molecule has 1 aromatic carbocycles. The normalized spacial score (nSPS) is 11.6. The molecule has 4 heteroatoms. The minimum Gasteiger partial charge on any atom is -0.380 e. The van der Waals surface area contributed by atoms with Crippen molar-refractivity contribution >= 4 is 10.9 Å². The van der Waals surface area contributed by atoms with Crippen LogP contribution < -0.4 is 5.32 Å². The first-order chi connectivity index (χ1) is 9.72. The summed E-state index contributed by atoms with van der Waals surface area (Å²) in [6.07, 6.45) is 0. The Hall–Kier alpha value is -1.39. The van der Waals surface area contributed by atoms with Gasteiger partial charge in [0.05, 0.1) is 24.4 Å². The topological polar surface area (TPSA) is 39.1 Å². The van der Waals surface area contributed by atoms with Crippen LogP contribution in [0.15, 0.2) is 24.3 Å². The Kier molecular flexibility index (Phi) is 5.56. The lowest BCUT2D eigenvalue weighted by molar-refractivity contribution is 0.137. The molecule has 2 rings (SSSR count). The second-order valence-electron chi connectivity index (χ2n) is 5.41. The molecule has 0 unspecified atom stereocenters. The van der Waals surface area contributed by atoms with Gasteiger partial charge in [-0.15, -0.1) is 0 Å². The van der Waals surface area contributed by atoms with Crippen LogP contribution in [-0.4, -0.2) is 29.5 Å². The number of hydrogen-bond acceptors (Lipinski definition) is 3. The number of nitrogens with one attached hydrogen (secondary N) is 1. The largest absolute Gasteiger partial charge is 0.380 e. The zero-order valence-electron chi connectivity index (χ0n) is 12.7. The van der Waals surface area contributed by atoms with Crippen molar-refractivity contribution < 1.29 is 4.74 Å². The number of hydrogen-bond donors (Lipinski definition) is 1. The van der Waals surface area contributed by atoms with Crippen molar-refractivity contribution in [1.82, 2.24) is 15.1 Å². The highest BCUT2D eigenvalue weighted by Crippen LogP contribution is 2.18. The second-order valence-corrected chi connectivity index (χ2v) is 5.41. The number of ether oxygens (including phenoxy) is 1. The van der Waals surface area contributed by atoms with Gasteiger partial charge in [0, 0.05) is 18.5 Å². The van der Waals surface area contributed by atoms with Gasteiger partial charge in [-0.05, 0) is 25.5 Å². The number of benzene rings is 1. The molecular formula is C16H25N3O. The van der Waals surface area contributed by atoms with Crippen molar-refractivity contribution in [2.45, 2.75) is 33.9 Å². The molecule has 0 atom stereocenters. The van der Waals surface area contributed by atoms with E-state index in [4.69, 9.17) is 9.84 Å². The number of fused-ring (bicyclic) bond motifs is 1. The molecule has 0 radical (unpaired) electrons. The highest BCUT2D eigenvalue weighted by molar-refractivity contribution is 5.81. The van der Waals surface area contributed by atoms with Crippen molar-refractivity contribution in [3.05, 3.63) is 30.0 Å². The molecule has 20 heavy (non-hydrogen) atoms. The quantitative estimate of drug-likeness (QED) is 0.753. The van der Waals surface area contributed by atoms with E-state index in [-0.39, 0.29) is 0 Å². The fourth-order valence-corrected chi connectivity index (χ4v) is 2.27. The third-order valence-electron chi connectivity index (χ3n) is 3.23. The standard InChI is InChI=1S/C16H25N3O/c1-4-20-10-9-19-16-8-6-5-7-14(16)15(18-19)12-17-11-13(2)3/h5-8,13,17H,4,9-12H2,1-3H3. The van der Waals surface area contributed by atoms with Crippen molar-refractivity contribution in [2.24, 2.45) is 5.92 Å². The van der Waals surface area contributed by atoms with Gasteiger partial charge in [-0.2, -0.15) is 5.10 Å². The average Bonchev–Trinajstić information content (AvgIpc) is 2.78. The van der Waals surface area contributed by atoms with Crippen LogP contribution in [-0.2, 0) is 17.8 Å². The molecule has 0 aliphatic rings. The molecule has 0 aliphatic carbocycles. The minimum absolute atomic E-state index is 0.654. The van der Waals surface area contributed by atoms with Gasteiger partial charge < -0.3 is 10.1 Å². The maximum atomic E-state index is 5.43. The molecule has 4 nitrogen and oxygen atoms in total. The van der Waals surface area contributed by atoms with Crippen LogP contribution in [0.3, 0.4) is 0 Å². The first-order valence-electron chi connectivity index (χ1n) is 7.45. The van der Waals surface area contributed by atoms with Gasteiger partial charge in [0.1, 0.15) is 0 Å². The highest BCUT2D eigenvalue weighted by atomic mass is 16.5. The van der Waals surface area contributed by atoms with Crippen molar-refractivity contribution in [2.75, 3.05) is 19.8 Å². The minimum atomic E-state index is 0.654. The maximum absolute atomic E-state index is 5.43. The van der Waals surface area contributed by atoms with E-state index in [2.05, 4.69) is 48.1 Å². The molecule has 0 spiro atoms. The van der Waals surface area contributed by atoms with Gasteiger partial charge in [-0.3, -0.25) is 4.68 Å². The molecule has 0 amide bonds. The maximum Gasteiger partial charge on any atom is 0.0841 e. The molecule has 1 aromatic heterocycles. The molecule has 2 aromatic rings. The summed E-state index contributed by atoms with van der Waals surface area (Å²) in [5, 5.41) is 9.44. The van der Waals surface area contributed by atoms with Crippen LogP contribution in [0, 0.1) is 5.92 Å². The molecule has 0 saturated carbocycles. The SMILES string of the molecule is CCOCCn1nc(CNCC(C)C)c2ccccc21. The van der Waals surface area contributed by atoms with E-state index < -0.39 is 0 Å². The average molecular weight is 275 g/mol. The zero-order chi connectivity index (χ0) is 14.4. The summed E-state index contributed by atoms with van der Waals surface area (Å²) in [6.45, 7) is 10.5. The van der Waals surface area contributed by atoms with E-state index in [1.807, 2.05) is 6.92 Å². The monoisotopic (exact) mass is 275 g/mol. The third kappa shape index (κ3) is 3.81. The smallest absolute Gasteiger partial charge is 0.0841 e. The predicted molar refractivity (Wildman–Crippen MR) is 82.8 cm³/mol. The Morgan fingerprint density at radius 3 is 2.85 bits per heavy atom. The van der Waals surface area contributed by atoms with Gasteiger partial charge in [-0.25, -0.2) is 0 Å². The molecule has 0 aliphatic heterocycles. The van der Waals surface area contributed by atoms with Gasteiger partial charge in [0.2, 0.25) is 0 Å². The van der Waals surface area contributed by atoms with Crippen molar-refractivity contribution in [1.29, 1.82) is 0 Å². The Bertz CT molecular complexity index is 534. The van der Waals surface area contributed by atoms with Crippen LogP contribution in [0.4, 0.5) is 0 Å². The molecule has 0 saturated heterocycles. The Labute approximate surface area is 121 Å². The molecular weight excluding hydrogens is 250 g/mol. The van der Waals surface area contributed by atoms with Crippen LogP contribution in [0.1, 0.15) is 26.5 Å². The van der Waals surface area contributed by atoms with E-state index in [9.17, 15) is 0 Å². The summed E-state index contributed by atoms with van der Waals surface area (Å²) in [5.74, 6) is 0.654. The van der Waals surface area contributed by atoms with Gasteiger partial charge in [0.25, 0.3) is 0 Å². The lowest BCUT2D eigenvalue weighted by Gasteiger charge is -2.05. The predicted octanol–water partition coefficient (Wildman–Crippen LogP) is 2.82. The van der Waals surface area contributed by atoms with E-state index in [0.717, 1.165) is 31.9 Å². The lowest BCUT2D eigenvalue weighted by atomic mass is 10.2. The summed E-state index contributed by atoms with van der Waals surface area (Å²) >= 11 is 0. The summed E-state index contributed by atoms with van der Waals surface area (Å²) in [7, 11) is 0. The van der Waals surface area contributed by atoms with Gasteiger partial charge >= 0.3 is 0 Å². The zero-order valence-corrected chi connectivity index (χ0v) is 12.7. The third-order valence-corrected chi connectivity index (χ3v) is 3.23. The Morgan fingerprint density at radius 2 is 2.10 bits per heavy atom. The van der Waals surface area contributed by atoms with Crippen LogP contribution in [0.2, 0.25) is 0 Å².